The zero-order valence-corrected chi connectivity index (χ0v) is 22.5. The van der Waals surface area contributed by atoms with Crippen LogP contribution < -0.4 is 26.2 Å². The highest BCUT2D eigenvalue weighted by Gasteiger charge is 2.42. The summed E-state index contributed by atoms with van der Waals surface area (Å²) >= 11 is 1.87. The topological polar surface area (TPSA) is 6.48 Å². The van der Waals surface area contributed by atoms with Crippen molar-refractivity contribution < 1.29 is 0 Å². The van der Waals surface area contributed by atoms with Crippen molar-refractivity contribution in [1.82, 2.24) is 0 Å². The molecule has 40 heavy (non-hydrogen) atoms. The largest absolute Gasteiger partial charge is 0.311 e. The molecule has 0 atom stereocenters. The van der Waals surface area contributed by atoms with E-state index in [0.717, 1.165) is 0 Å². The van der Waals surface area contributed by atoms with Crippen molar-refractivity contribution in [3.05, 3.63) is 140 Å². The van der Waals surface area contributed by atoms with Crippen molar-refractivity contribution in [2.45, 2.75) is 0 Å². The van der Waals surface area contributed by atoms with Crippen LogP contribution in [0, 0.1) is 0 Å². The van der Waals surface area contributed by atoms with E-state index >= 15 is 0 Å². The molecule has 0 bridgehead atoms. The summed E-state index contributed by atoms with van der Waals surface area (Å²) in [6.07, 6.45) is 0. The highest BCUT2D eigenvalue weighted by molar-refractivity contribution is 7.25. The van der Waals surface area contributed by atoms with Crippen LogP contribution in [-0.2, 0) is 0 Å². The molecule has 0 amide bonds. The number of benzene rings is 6. The minimum atomic E-state index is 0.167. The van der Waals surface area contributed by atoms with E-state index in [1.165, 1.54) is 70.7 Å². The Balaban J connectivity index is 1.35. The fourth-order valence-electron chi connectivity index (χ4n) is 6.82. The number of rotatable bonds is 2. The summed E-state index contributed by atoms with van der Waals surface area (Å²) in [6.45, 7) is 0.167. The van der Waals surface area contributed by atoms with Crippen molar-refractivity contribution in [2.24, 2.45) is 0 Å². The van der Waals surface area contributed by atoms with Gasteiger partial charge in [-0.15, -0.1) is 11.3 Å². The van der Waals surface area contributed by atoms with Crippen LogP contribution in [0.2, 0.25) is 0 Å². The second-order valence-corrected chi connectivity index (χ2v) is 11.6. The van der Waals surface area contributed by atoms with Crippen LogP contribution in [0.4, 0.5) is 34.1 Å². The van der Waals surface area contributed by atoms with Gasteiger partial charge in [0, 0.05) is 54.3 Å². The quantitative estimate of drug-likeness (QED) is 0.210. The second kappa shape index (κ2) is 8.35. The molecule has 4 heteroatoms. The first-order chi connectivity index (χ1) is 19.9. The third-order valence-electron chi connectivity index (χ3n) is 8.44. The van der Waals surface area contributed by atoms with E-state index in [4.69, 9.17) is 0 Å². The van der Waals surface area contributed by atoms with Gasteiger partial charge in [-0.2, -0.15) is 0 Å². The van der Waals surface area contributed by atoms with Crippen LogP contribution in [0.3, 0.4) is 0 Å². The number of hydrogen-bond acceptors (Lipinski definition) is 3. The Morgan fingerprint density at radius 2 is 1.00 bits per heavy atom. The molecule has 0 N–H and O–H groups in total. The summed E-state index contributed by atoms with van der Waals surface area (Å²) in [4.78, 5) is 4.92. The summed E-state index contributed by atoms with van der Waals surface area (Å²) in [5.41, 5.74) is 11.4. The van der Waals surface area contributed by atoms with Gasteiger partial charge in [-0.3, -0.25) is 0 Å². The Morgan fingerprint density at radius 3 is 1.75 bits per heavy atom. The van der Waals surface area contributed by atoms with Crippen LogP contribution in [0.1, 0.15) is 0 Å². The van der Waals surface area contributed by atoms with Crippen molar-refractivity contribution in [1.29, 1.82) is 0 Å². The molecule has 0 aliphatic carbocycles. The van der Waals surface area contributed by atoms with Gasteiger partial charge in [0.15, 0.2) is 0 Å². The maximum absolute atomic E-state index is 2.48. The molecule has 0 fully saturated rings. The monoisotopic (exact) mass is 526 g/mol. The molecule has 2 nitrogen and oxygen atoms in total. The Morgan fingerprint density at radius 1 is 0.425 bits per heavy atom. The molecule has 186 valence electrons. The fourth-order valence-corrected chi connectivity index (χ4v) is 7.91. The molecule has 9 rings (SSSR count). The van der Waals surface area contributed by atoms with Crippen LogP contribution in [-0.4, -0.2) is 6.71 Å². The molecule has 0 spiro atoms. The third kappa shape index (κ3) is 3.00. The summed E-state index contributed by atoms with van der Waals surface area (Å²) < 4.78 is 2.66. The van der Waals surface area contributed by atoms with Gasteiger partial charge in [-0.05, 0) is 77.1 Å². The van der Waals surface area contributed by atoms with Crippen LogP contribution in [0.15, 0.2) is 140 Å². The lowest BCUT2D eigenvalue weighted by Gasteiger charge is -2.44. The summed E-state index contributed by atoms with van der Waals surface area (Å²) in [6, 6.07) is 51.2. The van der Waals surface area contributed by atoms with E-state index in [1.54, 1.807) is 0 Å². The van der Waals surface area contributed by atoms with Gasteiger partial charge in [-0.1, -0.05) is 78.9 Å². The molecule has 1 aromatic heterocycles. The van der Waals surface area contributed by atoms with Gasteiger partial charge in [0.2, 0.25) is 0 Å². The van der Waals surface area contributed by atoms with Crippen molar-refractivity contribution in [3.8, 4) is 0 Å². The van der Waals surface area contributed by atoms with Gasteiger partial charge in [0.05, 0.1) is 0 Å². The molecule has 0 unspecified atom stereocenters. The molecule has 0 radical (unpaired) electrons. The van der Waals surface area contributed by atoms with Crippen LogP contribution >= 0.6 is 11.3 Å². The number of hydrogen-bond donors (Lipinski definition) is 0. The first kappa shape index (κ1) is 22.1. The second-order valence-electron chi connectivity index (χ2n) is 10.5. The van der Waals surface area contributed by atoms with Crippen molar-refractivity contribution in [2.75, 3.05) is 9.80 Å². The third-order valence-corrected chi connectivity index (χ3v) is 9.59. The van der Waals surface area contributed by atoms with Gasteiger partial charge in [-0.25, -0.2) is 0 Å². The van der Waals surface area contributed by atoms with Crippen LogP contribution in [0.25, 0.3) is 20.2 Å². The molecule has 0 saturated heterocycles. The zero-order chi connectivity index (χ0) is 26.2. The van der Waals surface area contributed by atoms with Crippen LogP contribution in [0.5, 0.6) is 0 Å². The lowest BCUT2D eigenvalue weighted by atomic mass is 9.33. The van der Waals surface area contributed by atoms with E-state index in [2.05, 4.69) is 149 Å². The fraction of sp³-hybridized carbons (Fsp3) is 0. The minimum absolute atomic E-state index is 0.167. The molecule has 0 saturated carbocycles. The van der Waals surface area contributed by atoms with Crippen molar-refractivity contribution >= 4 is 88.7 Å². The molecular weight excluding hydrogens is 503 g/mol. The standard InChI is InChI=1S/C36H23BN2S/c1-2-11-24(12-3-1)38-30-16-7-5-14-28(30)37-29-15-6-8-17-31(29)39(33-19-10-18-32(38)36(33)37)25-21-22-35-27(23-25)26-13-4-9-20-34(26)40-35/h1-23H. The normalized spacial score (nSPS) is 13.3. The van der Waals surface area contributed by atoms with Gasteiger partial charge in [0.1, 0.15) is 0 Å². The summed E-state index contributed by atoms with van der Waals surface area (Å²) in [5.74, 6) is 0. The predicted molar refractivity (Wildman–Crippen MR) is 173 cm³/mol. The number of nitrogens with zero attached hydrogens (tertiary/aromatic N) is 2. The van der Waals surface area contributed by atoms with Crippen molar-refractivity contribution in [3.63, 3.8) is 0 Å². The number of fused-ring (bicyclic) bond motifs is 7. The number of anilines is 6. The molecule has 7 aromatic rings. The van der Waals surface area contributed by atoms with E-state index in [1.807, 2.05) is 11.3 Å². The van der Waals surface area contributed by atoms with Gasteiger partial charge >= 0.3 is 0 Å². The van der Waals surface area contributed by atoms with E-state index in [-0.39, 0.29) is 6.71 Å². The lowest BCUT2D eigenvalue weighted by Crippen LogP contribution is -2.61. The van der Waals surface area contributed by atoms with E-state index < -0.39 is 0 Å². The lowest BCUT2D eigenvalue weighted by molar-refractivity contribution is 1.26. The Hall–Kier alpha value is -4.80. The summed E-state index contributed by atoms with van der Waals surface area (Å²) in [7, 11) is 0. The SMILES string of the molecule is c1ccc(N2c3ccccc3B3c4ccccc4N(c4ccc5sc6ccccc6c5c4)c4cccc2c43)cc1. The van der Waals surface area contributed by atoms with Gasteiger partial charge in [0.25, 0.3) is 6.71 Å². The first-order valence-corrected chi connectivity index (χ1v) is 14.6. The Kier molecular flexibility index (Phi) is 4.61. The molecule has 6 aromatic carbocycles. The molecular formula is C36H23BN2S. The van der Waals surface area contributed by atoms with E-state index in [0.29, 0.717) is 0 Å². The first-order valence-electron chi connectivity index (χ1n) is 13.7. The zero-order valence-electron chi connectivity index (χ0n) is 21.7. The smallest absolute Gasteiger partial charge is 0.252 e. The number of para-hydroxylation sites is 3. The maximum Gasteiger partial charge on any atom is 0.252 e. The molecule has 3 heterocycles. The molecule has 2 aliphatic heterocycles. The summed E-state index contributed by atoms with van der Waals surface area (Å²) in [5, 5.41) is 2.64. The number of thiophene rings is 1. The maximum atomic E-state index is 2.48. The Bertz CT molecular complexity index is 2100. The highest BCUT2D eigenvalue weighted by Crippen LogP contribution is 2.45. The Labute approximate surface area is 237 Å². The average molecular weight is 526 g/mol. The minimum Gasteiger partial charge on any atom is -0.311 e. The average Bonchev–Trinajstić information content (AvgIpc) is 3.39. The predicted octanol–water partition coefficient (Wildman–Crippen LogP) is 8.14. The highest BCUT2D eigenvalue weighted by atomic mass is 32.1. The van der Waals surface area contributed by atoms with Gasteiger partial charge < -0.3 is 9.80 Å². The molecule has 2 aliphatic rings. The van der Waals surface area contributed by atoms with E-state index in [9.17, 15) is 0 Å².